The Kier molecular flexibility index (Phi) is 1.25. The van der Waals surface area contributed by atoms with Crippen molar-refractivity contribution < 1.29 is 4.79 Å². The highest BCUT2D eigenvalue weighted by Crippen LogP contribution is 2.19. The number of carbonyl (C=O) groups is 1. The van der Waals surface area contributed by atoms with Crippen LogP contribution in [-0.4, -0.2) is 13.8 Å². The molecule has 2 radical (unpaired) electrons. The van der Waals surface area contributed by atoms with E-state index in [0.29, 0.717) is 11.9 Å². The Hall–Kier alpha value is -1.25. The summed E-state index contributed by atoms with van der Waals surface area (Å²) in [5, 5.41) is 2.72. The van der Waals surface area contributed by atoms with Crippen LogP contribution in [-0.2, 0) is 11.2 Å². The Morgan fingerprint density at radius 1 is 1.45 bits per heavy atom. The highest BCUT2D eigenvalue weighted by atomic mass is 16.1. The average molecular weight is 143 g/mol. The molecule has 0 saturated heterocycles. The molecule has 1 aliphatic rings. The van der Waals surface area contributed by atoms with E-state index in [4.69, 9.17) is 7.85 Å². The first kappa shape index (κ1) is 6.46. The maximum atomic E-state index is 10.9. The second-order valence-corrected chi connectivity index (χ2v) is 2.60. The molecule has 3 heteroatoms. The lowest BCUT2D eigenvalue weighted by molar-refractivity contribution is -0.115. The standard InChI is InChI=1S/C8H6BNO/c9-6-2-1-3-7-5(6)4-8(11)10-7/h1-3H,4H2,(H,10,11). The highest BCUT2D eigenvalue weighted by Gasteiger charge is 2.17. The maximum Gasteiger partial charge on any atom is 0.228 e. The van der Waals surface area contributed by atoms with Gasteiger partial charge < -0.3 is 5.32 Å². The van der Waals surface area contributed by atoms with Gasteiger partial charge in [0.05, 0.1) is 6.42 Å². The number of carbonyl (C=O) groups excluding carboxylic acids is 1. The topological polar surface area (TPSA) is 29.1 Å². The summed E-state index contributed by atoms with van der Waals surface area (Å²) < 4.78 is 0. The summed E-state index contributed by atoms with van der Waals surface area (Å²) in [6.07, 6.45) is 0.419. The van der Waals surface area contributed by atoms with Gasteiger partial charge >= 0.3 is 0 Å². The molecule has 1 heterocycles. The van der Waals surface area contributed by atoms with E-state index in [9.17, 15) is 4.79 Å². The number of benzene rings is 1. The van der Waals surface area contributed by atoms with Crippen molar-refractivity contribution in [2.24, 2.45) is 0 Å². The van der Waals surface area contributed by atoms with Gasteiger partial charge in [0.2, 0.25) is 5.91 Å². The third-order valence-electron chi connectivity index (χ3n) is 1.82. The minimum atomic E-state index is 0.0258. The van der Waals surface area contributed by atoms with Gasteiger partial charge in [-0.3, -0.25) is 4.79 Å². The molecule has 1 aliphatic heterocycles. The SMILES string of the molecule is [B]c1cccc2c1CC(=O)N2. The molecule has 1 N–H and O–H groups in total. The van der Waals surface area contributed by atoms with Gasteiger partial charge in [-0.1, -0.05) is 17.6 Å². The molecule has 1 amide bonds. The van der Waals surface area contributed by atoms with Crippen LogP contribution in [0.4, 0.5) is 5.69 Å². The lowest BCUT2D eigenvalue weighted by atomic mass is 9.89. The summed E-state index contributed by atoms with van der Waals surface area (Å²) in [5.41, 5.74) is 2.48. The van der Waals surface area contributed by atoms with Gasteiger partial charge in [0.25, 0.3) is 0 Å². The molecule has 0 aromatic heterocycles. The first-order chi connectivity index (χ1) is 5.27. The van der Waals surface area contributed by atoms with E-state index in [0.717, 1.165) is 11.3 Å². The fraction of sp³-hybridized carbons (Fsp3) is 0.125. The van der Waals surface area contributed by atoms with Crippen LogP contribution in [0.2, 0.25) is 0 Å². The fourth-order valence-electron chi connectivity index (χ4n) is 1.27. The lowest BCUT2D eigenvalue weighted by Crippen LogP contribution is -2.08. The normalized spacial score (nSPS) is 14.4. The summed E-state index contributed by atoms with van der Waals surface area (Å²) in [7, 11) is 5.64. The second-order valence-electron chi connectivity index (χ2n) is 2.60. The monoisotopic (exact) mass is 143 g/mol. The molecule has 0 atom stereocenters. The largest absolute Gasteiger partial charge is 0.326 e. The van der Waals surface area contributed by atoms with Gasteiger partial charge in [-0.25, -0.2) is 0 Å². The van der Waals surface area contributed by atoms with Crippen LogP contribution in [0.5, 0.6) is 0 Å². The van der Waals surface area contributed by atoms with Gasteiger partial charge in [-0.15, -0.1) is 0 Å². The Morgan fingerprint density at radius 2 is 2.27 bits per heavy atom. The summed E-state index contributed by atoms with van der Waals surface area (Å²) in [4.78, 5) is 10.9. The number of rotatable bonds is 0. The second kappa shape index (κ2) is 2.12. The third kappa shape index (κ3) is 0.927. The zero-order valence-electron chi connectivity index (χ0n) is 5.92. The molecular formula is C8H6BNO. The first-order valence-electron chi connectivity index (χ1n) is 3.44. The van der Waals surface area contributed by atoms with Crippen LogP contribution in [0.1, 0.15) is 5.56 Å². The van der Waals surface area contributed by atoms with Crippen molar-refractivity contribution in [3.8, 4) is 0 Å². The van der Waals surface area contributed by atoms with Gasteiger partial charge in [0, 0.05) is 5.69 Å². The van der Waals surface area contributed by atoms with Crippen LogP contribution < -0.4 is 10.8 Å². The van der Waals surface area contributed by atoms with Gasteiger partial charge in [0.1, 0.15) is 7.85 Å². The van der Waals surface area contributed by atoms with Crippen LogP contribution in [0.25, 0.3) is 0 Å². The quantitative estimate of drug-likeness (QED) is 0.508. The number of hydrogen-bond acceptors (Lipinski definition) is 1. The van der Waals surface area contributed by atoms with Crippen LogP contribution in [0.3, 0.4) is 0 Å². The van der Waals surface area contributed by atoms with Crippen LogP contribution in [0.15, 0.2) is 18.2 Å². The van der Waals surface area contributed by atoms with Crippen molar-refractivity contribution in [2.75, 3.05) is 5.32 Å². The molecule has 0 spiro atoms. The summed E-state index contributed by atoms with van der Waals surface area (Å²) in [5.74, 6) is 0.0258. The van der Waals surface area contributed by atoms with Crippen molar-refractivity contribution in [2.45, 2.75) is 6.42 Å². The number of anilines is 1. The average Bonchev–Trinajstić information content (AvgIpc) is 2.31. The van der Waals surface area contributed by atoms with E-state index in [1.54, 1.807) is 6.07 Å². The first-order valence-corrected chi connectivity index (χ1v) is 3.44. The molecule has 2 rings (SSSR count). The number of fused-ring (bicyclic) bond motifs is 1. The minimum Gasteiger partial charge on any atom is -0.326 e. The molecule has 2 nitrogen and oxygen atoms in total. The van der Waals surface area contributed by atoms with E-state index in [-0.39, 0.29) is 5.91 Å². The lowest BCUT2D eigenvalue weighted by Gasteiger charge is -1.99. The summed E-state index contributed by atoms with van der Waals surface area (Å²) in [6, 6.07) is 5.50. The van der Waals surface area contributed by atoms with Crippen molar-refractivity contribution in [3.63, 3.8) is 0 Å². The molecule has 0 bridgehead atoms. The molecule has 11 heavy (non-hydrogen) atoms. The fourth-order valence-corrected chi connectivity index (χ4v) is 1.27. The number of hydrogen-bond donors (Lipinski definition) is 1. The summed E-state index contributed by atoms with van der Waals surface area (Å²) >= 11 is 0. The highest BCUT2D eigenvalue weighted by molar-refractivity contribution is 6.34. The Balaban J connectivity index is 2.57. The zero-order valence-corrected chi connectivity index (χ0v) is 5.92. The molecular weight excluding hydrogens is 137 g/mol. The molecule has 52 valence electrons. The van der Waals surface area contributed by atoms with Gasteiger partial charge in [0.15, 0.2) is 0 Å². The van der Waals surface area contributed by atoms with Gasteiger partial charge in [-0.2, -0.15) is 0 Å². The van der Waals surface area contributed by atoms with Crippen LogP contribution in [0, 0.1) is 0 Å². The molecule has 0 unspecified atom stereocenters. The molecule has 0 saturated carbocycles. The zero-order chi connectivity index (χ0) is 7.84. The van der Waals surface area contributed by atoms with E-state index >= 15 is 0 Å². The Bertz CT molecular complexity index is 322. The maximum absolute atomic E-state index is 10.9. The third-order valence-corrected chi connectivity index (χ3v) is 1.82. The predicted molar refractivity (Wildman–Crippen MR) is 44.2 cm³/mol. The Morgan fingerprint density at radius 3 is 3.00 bits per heavy atom. The van der Waals surface area contributed by atoms with Crippen molar-refractivity contribution in [1.29, 1.82) is 0 Å². The number of nitrogens with one attached hydrogen (secondary N) is 1. The molecule has 1 aromatic carbocycles. The van der Waals surface area contributed by atoms with E-state index < -0.39 is 0 Å². The predicted octanol–water partition coefficient (Wildman–Crippen LogP) is -0.0250. The van der Waals surface area contributed by atoms with Crippen LogP contribution >= 0.6 is 0 Å². The molecule has 1 aromatic rings. The summed E-state index contributed by atoms with van der Waals surface area (Å²) in [6.45, 7) is 0. The smallest absolute Gasteiger partial charge is 0.228 e. The van der Waals surface area contributed by atoms with Crippen molar-refractivity contribution >= 4 is 24.9 Å². The van der Waals surface area contributed by atoms with Gasteiger partial charge in [-0.05, 0) is 11.6 Å². The Labute approximate surface area is 66.0 Å². The minimum absolute atomic E-state index is 0.0258. The number of amides is 1. The molecule has 0 fully saturated rings. The van der Waals surface area contributed by atoms with E-state index in [1.807, 2.05) is 12.1 Å². The van der Waals surface area contributed by atoms with Crippen molar-refractivity contribution in [3.05, 3.63) is 23.8 Å². The van der Waals surface area contributed by atoms with E-state index in [2.05, 4.69) is 5.32 Å². The van der Waals surface area contributed by atoms with Crippen molar-refractivity contribution in [1.82, 2.24) is 0 Å². The van der Waals surface area contributed by atoms with E-state index in [1.165, 1.54) is 0 Å². The molecule has 0 aliphatic carbocycles.